The van der Waals surface area contributed by atoms with Gasteiger partial charge in [0, 0.05) is 0 Å². The van der Waals surface area contributed by atoms with Crippen LogP contribution in [0.5, 0.6) is 0 Å². The number of nitriles is 1. The lowest BCUT2D eigenvalue weighted by atomic mass is 10.4. The third-order valence-electron chi connectivity index (χ3n) is 2.34. The van der Waals surface area contributed by atoms with E-state index in [2.05, 4.69) is 20.2 Å². The normalized spacial score (nSPS) is 10.4. The van der Waals surface area contributed by atoms with Gasteiger partial charge in [-0.15, -0.1) is 16.4 Å². The predicted molar refractivity (Wildman–Crippen MR) is 77.8 cm³/mol. The summed E-state index contributed by atoms with van der Waals surface area (Å²) in [5, 5.41) is 19.4. The number of hydrogen-bond acceptors (Lipinski definition) is 6. The Balaban J connectivity index is 1.84. The smallest absolute Gasteiger partial charge is 0.215 e. The van der Waals surface area contributed by atoms with Gasteiger partial charge >= 0.3 is 0 Å². The van der Waals surface area contributed by atoms with Crippen LogP contribution in [0.3, 0.4) is 0 Å². The van der Waals surface area contributed by atoms with Crippen molar-refractivity contribution in [3.05, 3.63) is 40.4 Å². The monoisotopic (exact) mass is 319 g/mol. The summed E-state index contributed by atoms with van der Waals surface area (Å²) >= 11 is 8.70. The fraction of sp³-hybridized carbons (Fsp3) is 0. The molecule has 0 aliphatic rings. The number of pyridine rings is 1. The summed E-state index contributed by atoms with van der Waals surface area (Å²) < 4.78 is 0. The van der Waals surface area contributed by atoms with Gasteiger partial charge in [-0.1, -0.05) is 17.7 Å². The van der Waals surface area contributed by atoms with E-state index in [9.17, 15) is 0 Å². The van der Waals surface area contributed by atoms with Crippen molar-refractivity contribution >= 4 is 34.7 Å². The quantitative estimate of drug-likeness (QED) is 0.798. The van der Waals surface area contributed by atoms with E-state index in [1.807, 2.05) is 23.6 Å². The lowest BCUT2D eigenvalue weighted by Crippen LogP contribution is -1.87. The first kappa shape index (κ1) is 13.1. The van der Waals surface area contributed by atoms with Gasteiger partial charge in [0.05, 0.1) is 9.90 Å². The number of aromatic amines is 1. The zero-order chi connectivity index (χ0) is 13.9. The van der Waals surface area contributed by atoms with Gasteiger partial charge in [-0.05, 0) is 35.3 Å². The summed E-state index contributed by atoms with van der Waals surface area (Å²) in [5.74, 6) is 0.719. The molecule has 5 nitrogen and oxygen atoms in total. The zero-order valence-corrected chi connectivity index (χ0v) is 12.3. The lowest BCUT2D eigenvalue weighted by molar-refractivity contribution is 0.966. The van der Waals surface area contributed by atoms with Crippen LogP contribution in [-0.2, 0) is 0 Å². The zero-order valence-electron chi connectivity index (χ0n) is 9.87. The van der Waals surface area contributed by atoms with E-state index in [1.165, 1.54) is 11.8 Å². The molecule has 3 aromatic heterocycles. The van der Waals surface area contributed by atoms with Crippen LogP contribution in [0.15, 0.2) is 39.8 Å². The average molecular weight is 320 g/mol. The standard InChI is InChI=1S/C12H6ClN5S2/c13-7-3-4-10(15-8(7)6-14)20-12-16-11(17-18-12)9-2-1-5-19-9/h1-5H,(H,16,17,18). The third kappa shape index (κ3) is 2.67. The highest BCUT2D eigenvalue weighted by atomic mass is 35.5. The average Bonchev–Trinajstić information content (AvgIpc) is 3.11. The Bertz CT molecular complexity index is 775. The van der Waals surface area contributed by atoms with Gasteiger partial charge in [0.25, 0.3) is 0 Å². The van der Waals surface area contributed by atoms with Crippen molar-refractivity contribution < 1.29 is 0 Å². The first-order chi connectivity index (χ1) is 9.76. The second-order valence-corrected chi connectivity index (χ2v) is 5.98. The minimum absolute atomic E-state index is 0.200. The van der Waals surface area contributed by atoms with E-state index in [0.717, 1.165) is 10.7 Å². The van der Waals surface area contributed by atoms with E-state index in [4.69, 9.17) is 16.9 Å². The van der Waals surface area contributed by atoms with Gasteiger partial charge in [0.15, 0.2) is 11.5 Å². The molecule has 98 valence electrons. The number of halogens is 1. The summed E-state index contributed by atoms with van der Waals surface area (Å²) in [7, 11) is 0. The molecule has 0 aliphatic carbocycles. The minimum Gasteiger partial charge on any atom is -0.257 e. The van der Waals surface area contributed by atoms with Crippen LogP contribution in [0.1, 0.15) is 5.69 Å². The van der Waals surface area contributed by atoms with Crippen LogP contribution in [0, 0.1) is 11.3 Å². The molecule has 3 heterocycles. The Morgan fingerprint density at radius 3 is 2.95 bits per heavy atom. The number of aromatic nitrogens is 4. The van der Waals surface area contributed by atoms with Crippen molar-refractivity contribution in [2.45, 2.75) is 10.2 Å². The maximum atomic E-state index is 8.90. The molecule has 0 fully saturated rings. The molecule has 3 aromatic rings. The number of rotatable bonds is 3. The topological polar surface area (TPSA) is 78.2 Å². The highest BCUT2D eigenvalue weighted by Crippen LogP contribution is 2.28. The predicted octanol–water partition coefficient (Wildman–Crippen LogP) is 3.60. The minimum atomic E-state index is 0.200. The second kappa shape index (κ2) is 5.63. The van der Waals surface area contributed by atoms with E-state index >= 15 is 0 Å². The van der Waals surface area contributed by atoms with Crippen molar-refractivity contribution in [1.29, 1.82) is 5.26 Å². The Morgan fingerprint density at radius 1 is 1.30 bits per heavy atom. The van der Waals surface area contributed by atoms with Crippen LogP contribution >= 0.6 is 34.7 Å². The molecule has 20 heavy (non-hydrogen) atoms. The highest BCUT2D eigenvalue weighted by Gasteiger charge is 2.10. The molecule has 0 aromatic carbocycles. The molecule has 0 aliphatic heterocycles. The van der Waals surface area contributed by atoms with Crippen LogP contribution in [0.4, 0.5) is 0 Å². The molecular formula is C12H6ClN5S2. The van der Waals surface area contributed by atoms with Crippen molar-refractivity contribution in [2.75, 3.05) is 0 Å². The van der Waals surface area contributed by atoms with E-state index in [-0.39, 0.29) is 5.69 Å². The molecule has 0 radical (unpaired) electrons. The van der Waals surface area contributed by atoms with E-state index < -0.39 is 0 Å². The molecular weight excluding hydrogens is 314 g/mol. The molecule has 0 bridgehead atoms. The van der Waals surface area contributed by atoms with Gasteiger partial charge in [0.1, 0.15) is 11.1 Å². The van der Waals surface area contributed by atoms with Crippen LogP contribution < -0.4 is 0 Å². The first-order valence-electron chi connectivity index (χ1n) is 5.47. The molecule has 0 saturated carbocycles. The van der Waals surface area contributed by atoms with Crippen LogP contribution in [-0.4, -0.2) is 20.2 Å². The van der Waals surface area contributed by atoms with E-state index in [0.29, 0.717) is 15.2 Å². The van der Waals surface area contributed by atoms with Gasteiger partial charge in [0.2, 0.25) is 5.16 Å². The maximum absolute atomic E-state index is 8.90. The summed E-state index contributed by atoms with van der Waals surface area (Å²) in [6.07, 6.45) is 0. The Labute approximate surface area is 127 Å². The molecule has 3 rings (SSSR count). The van der Waals surface area contributed by atoms with E-state index in [1.54, 1.807) is 23.5 Å². The third-order valence-corrected chi connectivity index (χ3v) is 4.32. The van der Waals surface area contributed by atoms with Crippen molar-refractivity contribution in [1.82, 2.24) is 20.2 Å². The summed E-state index contributed by atoms with van der Waals surface area (Å²) in [6, 6.07) is 9.24. The number of thiophene rings is 1. The number of H-pyrrole nitrogens is 1. The largest absolute Gasteiger partial charge is 0.257 e. The maximum Gasteiger partial charge on any atom is 0.215 e. The molecule has 0 spiro atoms. The Morgan fingerprint density at radius 2 is 2.20 bits per heavy atom. The molecule has 8 heteroatoms. The van der Waals surface area contributed by atoms with Crippen molar-refractivity contribution in [3.63, 3.8) is 0 Å². The summed E-state index contributed by atoms with van der Waals surface area (Å²) in [5.41, 5.74) is 0.200. The van der Waals surface area contributed by atoms with Gasteiger partial charge in [-0.25, -0.2) is 9.97 Å². The highest BCUT2D eigenvalue weighted by molar-refractivity contribution is 7.99. The van der Waals surface area contributed by atoms with Crippen molar-refractivity contribution in [2.24, 2.45) is 0 Å². The summed E-state index contributed by atoms with van der Waals surface area (Å²) in [4.78, 5) is 9.53. The van der Waals surface area contributed by atoms with Gasteiger partial charge < -0.3 is 0 Å². The molecule has 1 N–H and O–H groups in total. The number of hydrogen-bond donors (Lipinski definition) is 1. The lowest BCUT2D eigenvalue weighted by Gasteiger charge is -1.98. The molecule has 0 saturated heterocycles. The number of nitrogens with one attached hydrogen (secondary N) is 1. The first-order valence-corrected chi connectivity index (χ1v) is 7.54. The molecule has 0 atom stereocenters. The Hall–Kier alpha value is -1.88. The van der Waals surface area contributed by atoms with Crippen LogP contribution in [0.25, 0.3) is 10.7 Å². The molecule has 0 amide bonds. The van der Waals surface area contributed by atoms with Crippen molar-refractivity contribution in [3.8, 4) is 16.8 Å². The second-order valence-electron chi connectivity index (χ2n) is 3.64. The van der Waals surface area contributed by atoms with Gasteiger partial charge in [-0.3, -0.25) is 5.10 Å². The summed E-state index contributed by atoms with van der Waals surface area (Å²) in [6.45, 7) is 0. The Kier molecular flexibility index (Phi) is 3.69. The fourth-order valence-corrected chi connectivity index (χ4v) is 2.97. The fourth-order valence-electron chi connectivity index (χ4n) is 1.47. The van der Waals surface area contributed by atoms with Crippen LogP contribution in [0.2, 0.25) is 5.02 Å². The number of nitrogens with zero attached hydrogens (tertiary/aromatic N) is 4. The molecule has 0 unspecified atom stereocenters. The van der Waals surface area contributed by atoms with Gasteiger partial charge in [-0.2, -0.15) is 5.26 Å². The SMILES string of the molecule is N#Cc1nc(Sc2n[nH]c(-c3cccs3)n2)ccc1Cl.